The van der Waals surface area contributed by atoms with Gasteiger partial charge in [-0.15, -0.1) is 0 Å². The SMILES string of the molecule is N#CC1C(F)CC(OC(F)(F)C2CCC(C3CCCCC3)CC2)CC1F. The van der Waals surface area contributed by atoms with E-state index in [1.54, 1.807) is 6.07 Å². The highest BCUT2D eigenvalue weighted by Crippen LogP contribution is 2.46. The molecule has 0 N–H and O–H groups in total. The molecule has 26 heavy (non-hydrogen) atoms. The van der Waals surface area contributed by atoms with Crippen molar-refractivity contribution in [2.75, 3.05) is 0 Å². The van der Waals surface area contributed by atoms with E-state index in [4.69, 9.17) is 10.00 Å². The minimum atomic E-state index is -3.35. The largest absolute Gasteiger partial charge is 0.358 e. The molecule has 2 atom stereocenters. The number of nitriles is 1. The van der Waals surface area contributed by atoms with Crippen LogP contribution in [0.2, 0.25) is 0 Å². The van der Waals surface area contributed by atoms with Crippen LogP contribution >= 0.6 is 0 Å². The summed E-state index contributed by atoms with van der Waals surface area (Å²) < 4.78 is 61.7. The molecular weight excluding hydrogens is 346 g/mol. The molecule has 3 saturated carbocycles. The minimum absolute atomic E-state index is 0.328. The van der Waals surface area contributed by atoms with E-state index in [1.807, 2.05) is 0 Å². The van der Waals surface area contributed by atoms with Crippen molar-refractivity contribution in [3.63, 3.8) is 0 Å². The van der Waals surface area contributed by atoms with Gasteiger partial charge in [-0.05, 0) is 37.5 Å². The van der Waals surface area contributed by atoms with Crippen LogP contribution < -0.4 is 0 Å². The molecule has 148 valence electrons. The van der Waals surface area contributed by atoms with Crippen LogP contribution in [0, 0.1) is 35.0 Å². The summed E-state index contributed by atoms with van der Waals surface area (Å²) in [4.78, 5) is 0. The Labute approximate surface area is 153 Å². The standard InChI is InChI=1S/C20H29F4NO/c21-18-10-16(11-19(22)17(18)12-25)26-20(23,24)15-8-6-14(7-9-15)13-4-2-1-3-5-13/h13-19H,1-11H2. The number of hydrogen-bond acceptors (Lipinski definition) is 2. The molecule has 0 amide bonds. The third-order valence-corrected chi connectivity index (χ3v) is 6.79. The average molecular weight is 375 g/mol. The van der Waals surface area contributed by atoms with E-state index >= 15 is 0 Å². The maximum Gasteiger partial charge on any atom is 0.358 e. The summed E-state index contributed by atoms with van der Waals surface area (Å²) in [7, 11) is 0. The normalized spacial score (nSPS) is 40.1. The van der Waals surface area contributed by atoms with Gasteiger partial charge in [0.1, 0.15) is 18.3 Å². The first-order valence-corrected chi connectivity index (χ1v) is 10.1. The van der Waals surface area contributed by atoms with E-state index in [0.29, 0.717) is 24.7 Å². The Morgan fingerprint density at radius 2 is 1.35 bits per heavy atom. The molecule has 0 aliphatic heterocycles. The van der Waals surface area contributed by atoms with Crippen molar-refractivity contribution in [1.82, 2.24) is 0 Å². The van der Waals surface area contributed by atoms with Crippen molar-refractivity contribution in [3.05, 3.63) is 0 Å². The minimum Gasteiger partial charge on any atom is -0.317 e. The summed E-state index contributed by atoms with van der Waals surface area (Å²) >= 11 is 0. The zero-order chi connectivity index (χ0) is 18.7. The lowest BCUT2D eigenvalue weighted by Gasteiger charge is -2.40. The lowest BCUT2D eigenvalue weighted by Crippen LogP contribution is -2.44. The number of halogens is 4. The fraction of sp³-hybridized carbons (Fsp3) is 0.950. The maximum absolute atomic E-state index is 14.6. The predicted molar refractivity (Wildman–Crippen MR) is 90.0 cm³/mol. The zero-order valence-corrected chi connectivity index (χ0v) is 15.2. The molecule has 0 bridgehead atoms. The summed E-state index contributed by atoms with van der Waals surface area (Å²) in [6.07, 6.45) is 0.0252. The van der Waals surface area contributed by atoms with Crippen LogP contribution in [-0.4, -0.2) is 24.6 Å². The van der Waals surface area contributed by atoms with Gasteiger partial charge in [0.05, 0.1) is 18.1 Å². The van der Waals surface area contributed by atoms with Gasteiger partial charge in [-0.1, -0.05) is 32.1 Å². The Bertz CT molecular complexity index is 483. The Hall–Kier alpha value is -0.830. The van der Waals surface area contributed by atoms with E-state index in [2.05, 4.69) is 0 Å². The summed E-state index contributed by atoms with van der Waals surface area (Å²) in [5.74, 6) is -1.01. The number of rotatable bonds is 4. The highest BCUT2D eigenvalue weighted by molar-refractivity contribution is 4.99. The molecule has 3 rings (SSSR count). The smallest absolute Gasteiger partial charge is 0.317 e. The van der Waals surface area contributed by atoms with Crippen molar-refractivity contribution in [3.8, 4) is 6.07 Å². The van der Waals surface area contributed by atoms with E-state index in [0.717, 1.165) is 12.8 Å². The lowest BCUT2D eigenvalue weighted by molar-refractivity contribution is -0.305. The van der Waals surface area contributed by atoms with Gasteiger partial charge >= 0.3 is 6.11 Å². The van der Waals surface area contributed by atoms with Crippen molar-refractivity contribution in [2.24, 2.45) is 23.7 Å². The molecule has 2 nitrogen and oxygen atoms in total. The number of alkyl halides is 4. The van der Waals surface area contributed by atoms with Crippen LogP contribution in [0.4, 0.5) is 17.6 Å². The van der Waals surface area contributed by atoms with Crippen molar-refractivity contribution in [1.29, 1.82) is 5.26 Å². The molecule has 2 unspecified atom stereocenters. The van der Waals surface area contributed by atoms with E-state index in [-0.39, 0.29) is 12.8 Å². The first-order valence-electron chi connectivity index (χ1n) is 10.1. The second kappa shape index (κ2) is 8.46. The zero-order valence-electron chi connectivity index (χ0n) is 15.2. The molecular formula is C20H29F4NO. The second-order valence-electron chi connectivity index (χ2n) is 8.47. The molecule has 0 aromatic heterocycles. The van der Waals surface area contributed by atoms with Crippen molar-refractivity contribution < 1.29 is 22.3 Å². The maximum atomic E-state index is 14.6. The van der Waals surface area contributed by atoms with Crippen LogP contribution in [0.1, 0.15) is 70.6 Å². The van der Waals surface area contributed by atoms with Crippen molar-refractivity contribution >= 4 is 0 Å². The van der Waals surface area contributed by atoms with Crippen LogP contribution in [-0.2, 0) is 4.74 Å². The molecule has 0 aromatic carbocycles. The Morgan fingerprint density at radius 3 is 1.88 bits per heavy atom. The van der Waals surface area contributed by atoms with Gasteiger partial charge in [0.2, 0.25) is 0 Å². The van der Waals surface area contributed by atoms with Crippen LogP contribution in [0.15, 0.2) is 0 Å². The fourth-order valence-electron chi connectivity index (χ4n) is 5.23. The molecule has 0 saturated heterocycles. The number of hydrogen-bond donors (Lipinski definition) is 0. The van der Waals surface area contributed by atoms with Gasteiger partial charge < -0.3 is 4.74 Å². The van der Waals surface area contributed by atoms with Gasteiger partial charge in [0, 0.05) is 12.8 Å². The van der Waals surface area contributed by atoms with Gasteiger partial charge in [0.15, 0.2) is 0 Å². The highest BCUT2D eigenvalue weighted by Gasteiger charge is 2.48. The monoisotopic (exact) mass is 375 g/mol. The summed E-state index contributed by atoms with van der Waals surface area (Å²) in [6, 6.07) is 1.59. The fourth-order valence-corrected chi connectivity index (χ4v) is 5.23. The van der Waals surface area contributed by atoms with Crippen LogP contribution in [0.5, 0.6) is 0 Å². The summed E-state index contributed by atoms with van der Waals surface area (Å²) in [6.45, 7) is 0. The third kappa shape index (κ3) is 4.52. The molecule has 3 aliphatic carbocycles. The van der Waals surface area contributed by atoms with E-state index in [1.165, 1.54) is 32.1 Å². The van der Waals surface area contributed by atoms with Gasteiger partial charge in [-0.25, -0.2) is 8.78 Å². The first-order chi connectivity index (χ1) is 12.4. The Morgan fingerprint density at radius 1 is 0.808 bits per heavy atom. The molecule has 6 heteroatoms. The van der Waals surface area contributed by atoms with Crippen LogP contribution in [0.25, 0.3) is 0 Å². The highest BCUT2D eigenvalue weighted by atomic mass is 19.3. The predicted octanol–water partition coefficient (Wildman–Crippen LogP) is 5.96. The van der Waals surface area contributed by atoms with Gasteiger partial charge in [-0.2, -0.15) is 14.0 Å². The van der Waals surface area contributed by atoms with Gasteiger partial charge in [0.25, 0.3) is 0 Å². The second-order valence-corrected chi connectivity index (χ2v) is 8.47. The van der Waals surface area contributed by atoms with Crippen molar-refractivity contribution in [2.45, 2.75) is 95.2 Å². The third-order valence-electron chi connectivity index (χ3n) is 6.79. The van der Waals surface area contributed by atoms with Gasteiger partial charge in [-0.3, -0.25) is 0 Å². The number of nitrogens with zero attached hydrogens (tertiary/aromatic N) is 1. The molecule has 0 aromatic rings. The first kappa shape index (κ1) is 19.9. The van der Waals surface area contributed by atoms with Crippen LogP contribution in [0.3, 0.4) is 0 Å². The topological polar surface area (TPSA) is 33.0 Å². The molecule has 0 spiro atoms. The molecule has 3 fully saturated rings. The quantitative estimate of drug-likeness (QED) is 0.568. The lowest BCUT2D eigenvalue weighted by atomic mass is 9.71. The average Bonchev–Trinajstić information content (AvgIpc) is 2.62. The molecule has 0 heterocycles. The molecule has 3 aliphatic rings. The Kier molecular flexibility index (Phi) is 6.48. The summed E-state index contributed by atoms with van der Waals surface area (Å²) in [5, 5.41) is 8.77. The Balaban J connectivity index is 1.50. The van der Waals surface area contributed by atoms with E-state index < -0.39 is 36.4 Å². The molecule has 0 radical (unpaired) electrons. The van der Waals surface area contributed by atoms with E-state index in [9.17, 15) is 17.6 Å². The summed E-state index contributed by atoms with van der Waals surface area (Å²) in [5.41, 5.74) is 0. The number of ether oxygens (including phenoxy) is 1.